The van der Waals surface area contributed by atoms with Gasteiger partial charge in [0.1, 0.15) is 0 Å². The Bertz CT molecular complexity index is 461. The highest BCUT2D eigenvalue weighted by Crippen LogP contribution is 2.50. The zero-order valence-electron chi connectivity index (χ0n) is 13.9. The number of carbonyl (C=O) groups excluding carboxylic acids is 1. The Kier molecular flexibility index (Phi) is 6.25. The van der Waals surface area contributed by atoms with Crippen molar-refractivity contribution in [1.29, 1.82) is 0 Å². The molecule has 0 radical (unpaired) electrons. The summed E-state index contributed by atoms with van der Waals surface area (Å²) in [5.41, 5.74) is 0.586. The van der Waals surface area contributed by atoms with E-state index in [9.17, 15) is 9.36 Å². The van der Waals surface area contributed by atoms with Crippen molar-refractivity contribution in [3.63, 3.8) is 0 Å². The van der Waals surface area contributed by atoms with Crippen LogP contribution in [0.15, 0.2) is 11.6 Å². The average molecular weight is 329 g/mol. The SMILES string of the molecule is CCOP(=O)(CC1=CC(C)N(C2CCCCC2)C1=O)OCC. The Balaban J connectivity index is 2.07. The van der Waals surface area contributed by atoms with Gasteiger partial charge in [-0.25, -0.2) is 0 Å². The highest BCUT2D eigenvalue weighted by Gasteiger charge is 2.38. The van der Waals surface area contributed by atoms with Gasteiger partial charge in [0.15, 0.2) is 0 Å². The van der Waals surface area contributed by atoms with Gasteiger partial charge in [-0.15, -0.1) is 0 Å². The standard InChI is InChI=1S/C16H28NO4P/c1-4-20-22(19,21-5-2)12-14-11-13(3)17(16(14)18)15-9-7-6-8-10-15/h11,13,15H,4-10,12H2,1-3H3. The number of nitrogens with zero attached hydrogens (tertiary/aromatic N) is 1. The number of hydrogen-bond donors (Lipinski definition) is 0. The van der Waals surface area contributed by atoms with E-state index in [1.54, 1.807) is 13.8 Å². The molecular weight excluding hydrogens is 301 g/mol. The first-order valence-electron chi connectivity index (χ1n) is 8.42. The van der Waals surface area contributed by atoms with Gasteiger partial charge in [-0.3, -0.25) is 9.36 Å². The molecule has 1 atom stereocenters. The minimum atomic E-state index is -3.21. The van der Waals surface area contributed by atoms with Gasteiger partial charge >= 0.3 is 7.60 Å². The molecule has 0 bridgehead atoms. The first kappa shape index (κ1) is 17.7. The third-order valence-corrected chi connectivity index (χ3v) is 6.41. The smallest absolute Gasteiger partial charge is 0.330 e. The molecule has 126 valence electrons. The number of hydrogen-bond acceptors (Lipinski definition) is 4. The summed E-state index contributed by atoms with van der Waals surface area (Å²) < 4.78 is 23.3. The zero-order chi connectivity index (χ0) is 16.2. The van der Waals surface area contributed by atoms with E-state index in [1.165, 1.54) is 19.3 Å². The number of carbonyl (C=O) groups is 1. The Morgan fingerprint density at radius 2 is 1.77 bits per heavy atom. The van der Waals surface area contributed by atoms with Crippen molar-refractivity contribution in [3.8, 4) is 0 Å². The third-order valence-electron chi connectivity index (χ3n) is 4.37. The molecule has 5 nitrogen and oxygen atoms in total. The summed E-state index contributed by atoms with van der Waals surface area (Å²) in [6, 6.07) is 0.394. The summed E-state index contributed by atoms with van der Waals surface area (Å²) in [7, 11) is -3.21. The summed E-state index contributed by atoms with van der Waals surface area (Å²) in [4.78, 5) is 14.7. The second kappa shape index (κ2) is 7.76. The molecule has 2 rings (SSSR count). The van der Waals surface area contributed by atoms with E-state index in [-0.39, 0.29) is 18.1 Å². The second-order valence-electron chi connectivity index (χ2n) is 6.04. The molecule has 1 saturated carbocycles. The van der Waals surface area contributed by atoms with E-state index >= 15 is 0 Å². The molecule has 0 aromatic carbocycles. The van der Waals surface area contributed by atoms with E-state index in [0.29, 0.717) is 24.8 Å². The molecule has 1 fully saturated rings. The molecule has 1 heterocycles. The predicted molar refractivity (Wildman–Crippen MR) is 87.0 cm³/mol. The van der Waals surface area contributed by atoms with E-state index in [4.69, 9.17) is 9.05 Å². The average Bonchev–Trinajstić information content (AvgIpc) is 2.74. The molecule has 0 saturated heterocycles. The van der Waals surface area contributed by atoms with Gasteiger partial charge < -0.3 is 13.9 Å². The van der Waals surface area contributed by atoms with Crippen molar-refractivity contribution < 1.29 is 18.4 Å². The van der Waals surface area contributed by atoms with Gasteiger partial charge in [0.2, 0.25) is 0 Å². The minimum Gasteiger partial charge on any atom is -0.330 e. The minimum absolute atomic E-state index is 0.0130. The first-order chi connectivity index (χ1) is 10.5. The normalized spacial score (nSPS) is 24.0. The van der Waals surface area contributed by atoms with Gasteiger partial charge in [0, 0.05) is 17.7 Å². The van der Waals surface area contributed by atoms with Crippen molar-refractivity contribution in [3.05, 3.63) is 11.6 Å². The van der Waals surface area contributed by atoms with E-state index in [2.05, 4.69) is 0 Å². The molecule has 1 aliphatic carbocycles. The monoisotopic (exact) mass is 329 g/mol. The Morgan fingerprint density at radius 1 is 1.18 bits per heavy atom. The summed E-state index contributed by atoms with van der Waals surface area (Å²) in [5.74, 6) is 0.0130. The third kappa shape index (κ3) is 4.01. The van der Waals surface area contributed by atoms with Crippen molar-refractivity contribution in [2.75, 3.05) is 19.4 Å². The van der Waals surface area contributed by atoms with Crippen LogP contribution in [0, 0.1) is 0 Å². The van der Waals surface area contributed by atoms with Crippen LogP contribution in [0.5, 0.6) is 0 Å². The van der Waals surface area contributed by atoms with Crippen LogP contribution in [-0.2, 0) is 18.4 Å². The van der Waals surface area contributed by atoms with Crippen LogP contribution in [0.1, 0.15) is 52.9 Å². The van der Waals surface area contributed by atoms with Crippen LogP contribution in [0.4, 0.5) is 0 Å². The maximum atomic E-state index is 12.7. The van der Waals surface area contributed by atoms with Crippen LogP contribution in [0.3, 0.4) is 0 Å². The van der Waals surface area contributed by atoms with Crippen molar-refractivity contribution in [2.45, 2.75) is 65.0 Å². The fourth-order valence-electron chi connectivity index (χ4n) is 3.50. The largest absolute Gasteiger partial charge is 0.335 e. The highest BCUT2D eigenvalue weighted by atomic mass is 31.2. The maximum absolute atomic E-state index is 12.7. The van der Waals surface area contributed by atoms with Gasteiger partial charge in [-0.05, 0) is 33.6 Å². The number of amides is 1. The summed E-state index contributed by atoms with van der Waals surface area (Å²) >= 11 is 0. The molecule has 0 spiro atoms. The Morgan fingerprint density at radius 3 is 2.32 bits per heavy atom. The van der Waals surface area contributed by atoms with Crippen LogP contribution in [0.2, 0.25) is 0 Å². The van der Waals surface area contributed by atoms with Gasteiger partial charge in [-0.2, -0.15) is 0 Å². The van der Waals surface area contributed by atoms with Crippen molar-refractivity contribution in [1.82, 2.24) is 4.90 Å². The van der Waals surface area contributed by atoms with Crippen molar-refractivity contribution >= 4 is 13.5 Å². The molecule has 0 aromatic rings. The molecule has 0 aromatic heterocycles. The molecular formula is C16H28NO4P. The van der Waals surface area contributed by atoms with Gasteiger partial charge in [0.05, 0.1) is 19.4 Å². The molecule has 1 unspecified atom stereocenters. The number of rotatable bonds is 7. The predicted octanol–water partition coefficient (Wildman–Crippen LogP) is 3.74. The Hall–Kier alpha value is -0.640. The molecule has 22 heavy (non-hydrogen) atoms. The highest BCUT2D eigenvalue weighted by molar-refractivity contribution is 7.54. The van der Waals surface area contributed by atoms with Crippen LogP contribution < -0.4 is 0 Å². The van der Waals surface area contributed by atoms with E-state index in [1.807, 2.05) is 17.9 Å². The topological polar surface area (TPSA) is 55.8 Å². The van der Waals surface area contributed by atoms with E-state index in [0.717, 1.165) is 12.8 Å². The molecule has 0 N–H and O–H groups in total. The van der Waals surface area contributed by atoms with Gasteiger partial charge in [0.25, 0.3) is 5.91 Å². The quantitative estimate of drug-likeness (QED) is 0.668. The fraction of sp³-hybridized carbons (Fsp3) is 0.812. The summed E-state index contributed by atoms with van der Waals surface area (Å²) in [5, 5.41) is 0. The molecule has 1 aliphatic heterocycles. The van der Waals surface area contributed by atoms with Crippen LogP contribution in [-0.4, -0.2) is 42.3 Å². The van der Waals surface area contributed by atoms with Crippen molar-refractivity contribution in [2.24, 2.45) is 0 Å². The van der Waals surface area contributed by atoms with Gasteiger partial charge in [-0.1, -0.05) is 25.3 Å². The van der Waals surface area contributed by atoms with Crippen LogP contribution >= 0.6 is 7.60 Å². The lowest BCUT2D eigenvalue weighted by molar-refractivity contribution is -0.129. The lowest BCUT2D eigenvalue weighted by Crippen LogP contribution is -2.43. The lowest BCUT2D eigenvalue weighted by atomic mass is 9.94. The maximum Gasteiger partial charge on any atom is 0.335 e. The zero-order valence-corrected chi connectivity index (χ0v) is 14.8. The summed E-state index contributed by atoms with van der Waals surface area (Å²) in [6.45, 7) is 6.24. The lowest BCUT2D eigenvalue weighted by Gasteiger charge is -2.34. The Labute approximate surface area is 133 Å². The molecule has 2 aliphatic rings. The van der Waals surface area contributed by atoms with E-state index < -0.39 is 7.60 Å². The first-order valence-corrected chi connectivity index (χ1v) is 10.1. The summed E-state index contributed by atoms with van der Waals surface area (Å²) in [6.07, 6.45) is 7.80. The molecule has 6 heteroatoms. The second-order valence-corrected chi connectivity index (χ2v) is 8.10. The fourth-order valence-corrected chi connectivity index (χ4v) is 5.20. The molecule has 1 amide bonds. The van der Waals surface area contributed by atoms with Crippen LogP contribution in [0.25, 0.3) is 0 Å².